The summed E-state index contributed by atoms with van der Waals surface area (Å²) in [5, 5.41) is 2.61. The summed E-state index contributed by atoms with van der Waals surface area (Å²) < 4.78 is 3.06. The van der Waals surface area contributed by atoms with E-state index < -0.39 is 0 Å². The lowest BCUT2D eigenvalue weighted by atomic mass is 10.5. The molecule has 1 amide bonds. The molecule has 0 aromatic carbocycles. The summed E-state index contributed by atoms with van der Waals surface area (Å²) in [5.41, 5.74) is 0. The molecule has 0 aromatic rings. The third-order valence-corrected chi connectivity index (χ3v) is 2.01. The zero-order chi connectivity index (χ0) is 8.53. The van der Waals surface area contributed by atoms with Crippen molar-refractivity contribution in [2.75, 3.05) is 18.2 Å². The maximum atomic E-state index is 10.8. The zero-order valence-electron chi connectivity index (χ0n) is 6.59. The Labute approximate surface area is 77.2 Å². The standard InChI is InChI=1S/C6H14N2OS2/c1-2-8-11-4-3-6(9)7-5-10/h8,10H,2-5H2,1H3,(H,7,9). The fourth-order valence-electron chi connectivity index (χ4n) is 0.495. The molecule has 0 aliphatic heterocycles. The molecule has 11 heavy (non-hydrogen) atoms. The van der Waals surface area contributed by atoms with E-state index in [2.05, 4.69) is 22.7 Å². The van der Waals surface area contributed by atoms with Crippen LogP contribution >= 0.6 is 24.6 Å². The van der Waals surface area contributed by atoms with Crippen molar-refractivity contribution in [3.63, 3.8) is 0 Å². The Bertz CT molecular complexity index is 111. The topological polar surface area (TPSA) is 41.1 Å². The van der Waals surface area contributed by atoms with E-state index in [0.717, 1.165) is 12.3 Å². The van der Waals surface area contributed by atoms with Gasteiger partial charge in [-0.05, 0) is 0 Å². The molecule has 0 aromatic heterocycles. The largest absolute Gasteiger partial charge is 0.347 e. The summed E-state index contributed by atoms with van der Waals surface area (Å²) in [6.45, 7) is 2.96. The normalized spacial score (nSPS) is 9.64. The molecule has 0 aliphatic carbocycles. The Morgan fingerprint density at radius 3 is 2.91 bits per heavy atom. The molecule has 0 aliphatic rings. The first-order valence-electron chi connectivity index (χ1n) is 3.53. The highest BCUT2D eigenvalue weighted by atomic mass is 32.2. The van der Waals surface area contributed by atoms with E-state index in [1.54, 1.807) is 11.9 Å². The van der Waals surface area contributed by atoms with Gasteiger partial charge >= 0.3 is 0 Å². The van der Waals surface area contributed by atoms with E-state index in [1.165, 1.54) is 0 Å². The predicted molar refractivity (Wildman–Crippen MR) is 52.7 cm³/mol. The van der Waals surface area contributed by atoms with E-state index in [4.69, 9.17) is 0 Å². The Balaban J connectivity index is 3.04. The van der Waals surface area contributed by atoms with Crippen molar-refractivity contribution in [2.45, 2.75) is 13.3 Å². The molecule has 0 rings (SSSR count). The van der Waals surface area contributed by atoms with E-state index in [0.29, 0.717) is 12.3 Å². The number of rotatable bonds is 6. The summed E-state index contributed by atoms with van der Waals surface area (Å²) in [7, 11) is 0. The lowest BCUT2D eigenvalue weighted by Crippen LogP contribution is -2.22. The average molecular weight is 194 g/mol. The SMILES string of the molecule is CCNSCCC(=O)NCS. The molecule has 3 nitrogen and oxygen atoms in total. The number of thiol groups is 1. The minimum Gasteiger partial charge on any atom is -0.347 e. The summed E-state index contributed by atoms with van der Waals surface area (Å²) in [5.74, 6) is 1.29. The smallest absolute Gasteiger partial charge is 0.221 e. The van der Waals surface area contributed by atoms with Crippen LogP contribution in [0.3, 0.4) is 0 Å². The Hall–Kier alpha value is 0.130. The minimum atomic E-state index is 0.0606. The first kappa shape index (κ1) is 11.1. The molecule has 0 spiro atoms. The van der Waals surface area contributed by atoms with Crippen LogP contribution in [0, 0.1) is 0 Å². The van der Waals surface area contributed by atoms with Gasteiger partial charge in [0, 0.05) is 18.7 Å². The first-order chi connectivity index (χ1) is 5.31. The van der Waals surface area contributed by atoms with Gasteiger partial charge in [-0.3, -0.25) is 9.52 Å². The quantitative estimate of drug-likeness (QED) is 0.251. The van der Waals surface area contributed by atoms with Gasteiger partial charge in [-0.25, -0.2) is 0 Å². The molecule has 0 unspecified atom stereocenters. The maximum absolute atomic E-state index is 10.8. The lowest BCUT2D eigenvalue weighted by Gasteiger charge is -2.01. The third kappa shape index (κ3) is 8.03. The fourth-order valence-corrected chi connectivity index (χ4v) is 1.31. The highest BCUT2D eigenvalue weighted by molar-refractivity contribution is 7.97. The Kier molecular flexibility index (Phi) is 8.33. The van der Waals surface area contributed by atoms with E-state index in [9.17, 15) is 4.79 Å². The minimum absolute atomic E-state index is 0.0606. The predicted octanol–water partition coefficient (Wildman–Crippen LogP) is 0.638. The van der Waals surface area contributed by atoms with Gasteiger partial charge in [0.1, 0.15) is 0 Å². The van der Waals surface area contributed by atoms with Gasteiger partial charge in [0.2, 0.25) is 5.91 Å². The third-order valence-electron chi connectivity index (χ3n) is 0.954. The van der Waals surface area contributed by atoms with Gasteiger partial charge in [0.25, 0.3) is 0 Å². The van der Waals surface area contributed by atoms with Gasteiger partial charge < -0.3 is 5.32 Å². The Morgan fingerprint density at radius 1 is 1.64 bits per heavy atom. The fraction of sp³-hybridized carbons (Fsp3) is 0.833. The van der Waals surface area contributed by atoms with Crippen LogP contribution in [0.25, 0.3) is 0 Å². The van der Waals surface area contributed by atoms with Crippen LogP contribution in [0.2, 0.25) is 0 Å². The lowest BCUT2D eigenvalue weighted by molar-refractivity contribution is -0.120. The van der Waals surface area contributed by atoms with Crippen LogP contribution < -0.4 is 10.0 Å². The molecule has 0 bridgehead atoms. The molecule has 2 N–H and O–H groups in total. The van der Waals surface area contributed by atoms with Crippen LogP contribution in [0.5, 0.6) is 0 Å². The number of hydrogen-bond donors (Lipinski definition) is 3. The first-order valence-corrected chi connectivity index (χ1v) is 5.15. The number of carbonyl (C=O) groups excluding carboxylic acids is 1. The molecule has 0 saturated carbocycles. The van der Waals surface area contributed by atoms with Crippen molar-refractivity contribution in [2.24, 2.45) is 0 Å². The Morgan fingerprint density at radius 2 is 2.36 bits per heavy atom. The van der Waals surface area contributed by atoms with Crippen LogP contribution in [-0.4, -0.2) is 24.1 Å². The molecular weight excluding hydrogens is 180 g/mol. The van der Waals surface area contributed by atoms with Crippen LogP contribution in [0.4, 0.5) is 0 Å². The molecule has 0 heterocycles. The van der Waals surface area contributed by atoms with Crippen molar-refractivity contribution < 1.29 is 4.79 Å². The van der Waals surface area contributed by atoms with Crippen molar-refractivity contribution in [1.82, 2.24) is 10.0 Å². The van der Waals surface area contributed by atoms with E-state index in [-0.39, 0.29) is 5.91 Å². The second-order valence-corrected chi connectivity index (χ2v) is 3.16. The van der Waals surface area contributed by atoms with Crippen LogP contribution in [0.1, 0.15) is 13.3 Å². The highest BCUT2D eigenvalue weighted by Crippen LogP contribution is 1.95. The monoisotopic (exact) mass is 194 g/mol. The summed E-state index contributed by atoms with van der Waals surface area (Å²) >= 11 is 5.44. The van der Waals surface area contributed by atoms with E-state index >= 15 is 0 Å². The second-order valence-electron chi connectivity index (χ2n) is 1.85. The number of hydrogen-bond acceptors (Lipinski definition) is 4. The number of amides is 1. The van der Waals surface area contributed by atoms with Gasteiger partial charge in [-0.2, -0.15) is 12.6 Å². The van der Waals surface area contributed by atoms with Gasteiger partial charge in [-0.15, -0.1) is 0 Å². The highest BCUT2D eigenvalue weighted by Gasteiger charge is 1.97. The molecule has 66 valence electrons. The van der Waals surface area contributed by atoms with Crippen molar-refractivity contribution in [3.8, 4) is 0 Å². The summed E-state index contributed by atoms with van der Waals surface area (Å²) in [4.78, 5) is 10.8. The second kappa shape index (κ2) is 8.23. The molecule has 0 saturated heterocycles. The van der Waals surface area contributed by atoms with Gasteiger partial charge in [0.15, 0.2) is 0 Å². The summed E-state index contributed by atoms with van der Waals surface area (Å²) in [6.07, 6.45) is 0.554. The number of carbonyl (C=O) groups is 1. The zero-order valence-corrected chi connectivity index (χ0v) is 8.30. The van der Waals surface area contributed by atoms with Crippen molar-refractivity contribution in [3.05, 3.63) is 0 Å². The van der Waals surface area contributed by atoms with Crippen molar-refractivity contribution in [1.29, 1.82) is 0 Å². The van der Waals surface area contributed by atoms with Gasteiger partial charge in [0.05, 0.1) is 5.88 Å². The molecular formula is C6H14N2OS2. The molecule has 0 radical (unpaired) electrons. The summed E-state index contributed by atoms with van der Waals surface area (Å²) in [6, 6.07) is 0. The van der Waals surface area contributed by atoms with Crippen molar-refractivity contribution >= 4 is 30.5 Å². The van der Waals surface area contributed by atoms with Gasteiger partial charge in [-0.1, -0.05) is 18.9 Å². The average Bonchev–Trinajstić information content (AvgIpc) is 1.99. The number of nitrogens with one attached hydrogen (secondary N) is 2. The van der Waals surface area contributed by atoms with Crippen LogP contribution in [-0.2, 0) is 4.79 Å². The molecule has 0 atom stereocenters. The maximum Gasteiger partial charge on any atom is 0.221 e. The van der Waals surface area contributed by atoms with Crippen LogP contribution in [0.15, 0.2) is 0 Å². The molecule has 0 fully saturated rings. The van der Waals surface area contributed by atoms with E-state index in [1.807, 2.05) is 6.92 Å². The molecule has 5 heteroatoms.